The summed E-state index contributed by atoms with van der Waals surface area (Å²) in [5.41, 5.74) is 0.733. The molecule has 0 aliphatic heterocycles. The molecule has 122 valence electrons. The molecule has 1 saturated carbocycles. The van der Waals surface area contributed by atoms with E-state index in [1.807, 2.05) is 37.3 Å². The highest BCUT2D eigenvalue weighted by Crippen LogP contribution is 2.24. The number of carbonyl (C=O) groups excluding carboxylic acids is 1. The summed E-state index contributed by atoms with van der Waals surface area (Å²) in [4.78, 5) is 14.1. The van der Waals surface area contributed by atoms with Gasteiger partial charge < -0.3 is 9.32 Å². The average Bonchev–Trinajstić information content (AvgIpc) is 3.19. The molecule has 0 spiro atoms. The van der Waals surface area contributed by atoms with Crippen molar-refractivity contribution in [3.8, 4) is 0 Å². The van der Waals surface area contributed by atoms with Crippen LogP contribution in [-0.2, 0) is 10.0 Å². The number of furan rings is 1. The number of nitrogens with one attached hydrogen (secondary N) is 1. The van der Waals surface area contributed by atoms with Gasteiger partial charge in [0.05, 0.1) is 0 Å². The largest absolute Gasteiger partial charge is 0.438 e. The Balaban J connectivity index is 1.82. The Morgan fingerprint density at radius 3 is 2.52 bits per heavy atom. The minimum absolute atomic E-state index is 0.00637. The van der Waals surface area contributed by atoms with Gasteiger partial charge in [-0.15, -0.1) is 0 Å². The Bertz CT molecular complexity index is 794. The zero-order chi connectivity index (χ0) is 16.4. The maximum atomic E-state index is 12.6. The fraction of sp³-hybridized carbons (Fsp3) is 0.312. The van der Waals surface area contributed by atoms with Crippen molar-refractivity contribution in [2.24, 2.45) is 0 Å². The number of benzene rings is 1. The van der Waals surface area contributed by atoms with Crippen molar-refractivity contribution in [2.75, 3.05) is 11.4 Å². The molecule has 7 heteroatoms. The molecular weight excluding hydrogens is 316 g/mol. The Morgan fingerprint density at radius 2 is 1.91 bits per heavy atom. The molecule has 1 aromatic carbocycles. The number of anilines is 1. The number of para-hydroxylation sites is 1. The SMILES string of the molecule is CCN(C(=O)c1ccc(S(=O)(=O)NC2CC2)o1)c1ccccc1. The van der Waals surface area contributed by atoms with Crippen molar-refractivity contribution in [3.63, 3.8) is 0 Å². The lowest BCUT2D eigenvalue weighted by atomic mass is 10.2. The van der Waals surface area contributed by atoms with Gasteiger partial charge in [0.25, 0.3) is 15.9 Å². The first-order chi connectivity index (χ1) is 11.0. The fourth-order valence-corrected chi connectivity index (χ4v) is 3.48. The van der Waals surface area contributed by atoms with Crippen LogP contribution in [-0.4, -0.2) is 26.9 Å². The van der Waals surface area contributed by atoms with Gasteiger partial charge in [0.2, 0.25) is 5.09 Å². The molecule has 0 radical (unpaired) electrons. The second-order valence-electron chi connectivity index (χ2n) is 5.40. The summed E-state index contributed by atoms with van der Waals surface area (Å²) in [5, 5.41) is -0.225. The second kappa shape index (κ2) is 6.17. The molecule has 0 atom stereocenters. The number of rotatable bonds is 6. The summed E-state index contributed by atoms with van der Waals surface area (Å²) < 4.78 is 32.0. The van der Waals surface area contributed by atoms with Crippen LogP contribution in [0.3, 0.4) is 0 Å². The van der Waals surface area contributed by atoms with Crippen LogP contribution in [0.25, 0.3) is 0 Å². The Hall–Kier alpha value is -2.12. The minimum atomic E-state index is -3.69. The van der Waals surface area contributed by atoms with Gasteiger partial charge in [0.15, 0.2) is 5.76 Å². The van der Waals surface area contributed by atoms with Crippen molar-refractivity contribution in [1.29, 1.82) is 0 Å². The summed E-state index contributed by atoms with van der Waals surface area (Å²) in [5.74, 6) is -0.363. The van der Waals surface area contributed by atoms with Gasteiger partial charge in [0, 0.05) is 18.3 Å². The van der Waals surface area contributed by atoms with E-state index in [1.54, 1.807) is 0 Å². The number of carbonyl (C=O) groups is 1. The third-order valence-corrected chi connectivity index (χ3v) is 4.98. The summed E-state index contributed by atoms with van der Waals surface area (Å²) in [6.07, 6.45) is 1.67. The van der Waals surface area contributed by atoms with Crippen molar-refractivity contribution in [2.45, 2.75) is 30.9 Å². The summed E-state index contributed by atoms with van der Waals surface area (Å²) >= 11 is 0. The molecule has 23 heavy (non-hydrogen) atoms. The normalized spacial score (nSPS) is 14.7. The number of hydrogen-bond acceptors (Lipinski definition) is 4. The van der Waals surface area contributed by atoms with Crippen LogP contribution in [0, 0.1) is 0 Å². The van der Waals surface area contributed by atoms with Crippen LogP contribution >= 0.6 is 0 Å². The van der Waals surface area contributed by atoms with Gasteiger partial charge in [-0.3, -0.25) is 4.79 Å². The van der Waals surface area contributed by atoms with Crippen LogP contribution in [0.2, 0.25) is 0 Å². The van der Waals surface area contributed by atoms with E-state index in [0.717, 1.165) is 18.5 Å². The monoisotopic (exact) mass is 334 g/mol. The first-order valence-corrected chi connectivity index (χ1v) is 8.98. The van der Waals surface area contributed by atoms with Crippen LogP contribution in [0.1, 0.15) is 30.3 Å². The maximum Gasteiger partial charge on any atom is 0.294 e. The van der Waals surface area contributed by atoms with Gasteiger partial charge in [0.1, 0.15) is 0 Å². The highest BCUT2D eigenvalue weighted by molar-refractivity contribution is 7.89. The Morgan fingerprint density at radius 1 is 1.22 bits per heavy atom. The zero-order valence-corrected chi connectivity index (χ0v) is 13.5. The standard InChI is InChI=1S/C16H18N2O4S/c1-2-18(13-6-4-3-5-7-13)16(19)14-10-11-15(22-14)23(20,21)17-12-8-9-12/h3-7,10-12,17H,2,8-9H2,1H3. The second-order valence-corrected chi connectivity index (χ2v) is 7.04. The number of amides is 1. The maximum absolute atomic E-state index is 12.6. The van der Waals surface area contributed by atoms with Crippen LogP contribution < -0.4 is 9.62 Å². The van der Waals surface area contributed by atoms with Gasteiger partial charge in [-0.25, -0.2) is 13.1 Å². The Labute approximate surface area is 135 Å². The Kier molecular flexibility index (Phi) is 4.23. The fourth-order valence-electron chi connectivity index (χ4n) is 2.24. The smallest absolute Gasteiger partial charge is 0.294 e. The van der Waals surface area contributed by atoms with Crippen LogP contribution in [0.15, 0.2) is 52.0 Å². The first kappa shape index (κ1) is 15.8. The highest BCUT2D eigenvalue weighted by Gasteiger charge is 2.30. The van der Waals surface area contributed by atoms with Crippen LogP contribution in [0.5, 0.6) is 0 Å². The van der Waals surface area contributed by atoms with E-state index in [2.05, 4.69) is 4.72 Å². The lowest BCUT2D eigenvalue weighted by Crippen LogP contribution is -2.30. The zero-order valence-electron chi connectivity index (χ0n) is 12.7. The van der Waals surface area contributed by atoms with E-state index in [0.29, 0.717) is 6.54 Å². The van der Waals surface area contributed by atoms with Gasteiger partial charge in [-0.05, 0) is 44.0 Å². The molecule has 3 rings (SSSR count). The third kappa shape index (κ3) is 3.46. The third-order valence-electron chi connectivity index (χ3n) is 3.59. The molecule has 1 aliphatic rings. The summed E-state index contributed by atoms with van der Waals surface area (Å²) in [7, 11) is -3.69. The molecule has 1 heterocycles. The average molecular weight is 334 g/mol. The molecule has 1 amide bonds. The van der Waals surface area contributed by atoms with E-state index in [1.165, 1.54) is 17.0 Å². The molecule has 0 saturated heterocycles. The van der Waals surface area contributed by atoms with Crippen molar-refractivity contribution >= 4 is 21.6 Å². The van der Waals surface area contributed by atoms with Crippen LogP contribution in [0.4, 0.5) is 5.69 Å². The lowest BCUT2D eigenvalue weighted by Gasteiger charge is -2.19. The quantitative estimate of drug-likeness (QED) is 0.879. The molecule has 2 aromatic rings. The number of nitrogens with zero attached hydrogens (tertiary/aromatic N) is 1. The van der Waals surface area contributed by atoms with Crippen molar-refractivity contribution in [1.82, 2.24) is 4.72 Å². The first-order valence-electron chi connectivity index (χ1n) is 7.50. The lowest BCUT2D eigenvalue weighted by molar-refractivity contribution is 0.0956. The molecule has 1 N–H and O–H groups in total. The molecular formula is C16H18N2O4S. The highest BCUT2D eigenvalue weighted by atomic mass is 32.2. The predicted octanol–water partition coefficient (Wildman–Crippen LogP) is 2.39. The van der Waals surface area contributed by atoms with E-state index < -0.39 is 10.0 Å². The summed E-state index contributed by atoms with van der Waals surface area (Å²) in [6.45, 7) is 2.30. The number of sulfonamides is 1. The van der Waals surface area contributed by atoms with Crippen molar-refractivity contribution in [3.05, 3.63) is 48.2 Å². The van der Waals surface area contributed by atoms with Gasteiger partial charge in [-0.1, -0.05) is 18.2 Å². The number of hydrogen-bond donors (Lipinski definition) is 1. The molecule has 1 aromatic heterocycles. The van der Waals surface area contributed by atoms with E-state index in [-0.39, 0.29) is 22.8 Å². The van der Waals surface area contributed by atoms with E-state index >= 15 is 0 Å². The molecule has 1 aliphatic carbocycles. The van der Waals surface area contributed by atoms with Gasteiger partial charge >= 0.3 is 0 Å². The predicted molar refractivity (Wildman–Crippen MR) is 85.8 cm³/mol. The van der Waals surface area contributed by atoms with Gasteiger partial charge in [-0.2, -0.15) is 0 Å². The molecule has 0 bridgehead atoms. The topological polar surface area (TPSA) is 79.6 Å². The summed E-state index contributed by atoms with van der Waals surface area (Å²) in [6, 6.07) is 11.9. The minimum Gasteiger partial charge on any atom is -0.438 e. The van der Waals surface area contributed by atoms with E-state index in [4.69, 9.17) is 4.42 Å². The van der Waals surface area contributed by atoms with Crippen molar-refractivity contribution < 1.29 is 17.6 Å². The molecule has 6 nitrogen and oxygen atoms in total. The molecule has 0 unspecified atom stereocenters. The van der Waals surface area contributed by atoms with E-state index in [9.17, 15) is 13.2 Å². The molecule has 1 fully saturated rings.